The first-order valence-corrected chi connectivity index (χ1v) is 8.64. The van der Waals surface area contributed by atoms with Crippen molar-refractivity contribution in [2.45, 2.75) is 70.2 Å². The molecule has 4 heteroatoms. The molecule has 0 bridgehead atoms. The number of aryl methyl sites for hydroxylation is 2. The van der Waals surface area contributed by atoms with Crippen LogP contribution in [0, 0.1) is 6.92 Å². The summed E-state index contributed by atoms with van der Waals surface area (Å²) in [6.07, 6.45) is 7.99. The van der Waals surface area contributed by atoms with E-state index in [4.69, 9.17) is 5.73 Å². The van der Waals surface area contributed by atoms with Gasteiger partial charge in [-0.3, -0.25) is 4.68 Å². The Bertz CT molecular complexity index is 383. The molecule has 1 heterocycles. The lowest BCUT2D eigenvalue weighted by molar-refractivity contribution is 0.515. The molecule has 1 fully saturated rings. The molecule has 1 aliphatic rings. The molecule has 0 saturated heterocycles. The van der Waals surface area contributed by atoms with Gasteiger partial charge in [-0.1, -0.05) is 19.3 Å². The van der Waals surface area contributed by atoms with E-state index in [-0.39, 0.29) is 6.04 Å². The van der Waals surface area contributed by atoms with Gasteiger partial charge in [0, 0.05) is 35.7 Å². The number of nitrogens with zero attached hydrogens (tertiary/aromatic N) is 2. The summed E-state index contributed by atoms with van der Waals surface area (Å²) >= 11 is 2.09. The van der Waals surface area contributed by atoms with E-state index in [9.17, 15) is 0 Å². The van der Waals surface area contributed by atoms with Crippen LogP contribution in [0.4, 0.5) is 0 Å². The summed E-state index contributed by atoms with van der Waals surface area (Å²) in [6, 6.07) is 2.43. The van der Waals surface area contributed by atoms with Gasteiger partial charge in [-0.25, -0.2) is 0 Å². The van der Waals surface area contributed by atoms with Crippen LogP contribution < -0.4 is 5.73 Å². The van der Waals surface area contributed by atoms with Crippen LogP contribution in [0.2, 0.25) is 0 Å². The molecule has 0 aromatic carbocycles. The van der Waals surface area contributed by atoms with Crippen molar-refractivity contribution in [1.29, 1.82) is 0 Å². The zero-order valence-corrected chi connectivity index (χ0v) is 13.1. The Morgan fingerprint density at radius 2 is 2.16 bits per heavy atom. The summed E-state index contributed by atoms with van der Waals surface area (Å²) < 4.78 is 2.08. The molecular formula is C15H27N3S. The summed E-state index contributed by atoms with van der Waals surface area (Å²) in [5.41, 5.74) is 8.68. The third kappa shape index (κ3) is 4.53. The Labute approximate surface area is 121 Å². The van der Waals surface area contributed by atoms with Gasteiger partial charge < -0.3 is 5.73 Å². The van der Waals surface area contributed by atoms with Gasteiger partial charge in [-0.2, -0.15) is 16.9 Å². The van der Waals surface area contributed by atoms with Gasteiger partial charge in [0.25, 0.3) is 0 Å². The maximum atomic E-state index is 6.29. The Hall–Kier alpha value is -0.480. The fourth-order valence-electron chi connectivity index (χ4n) is 2.86. The molecule has 1 unspecified atom stereocenters. The van der Waals surface area contributed by atoms with Crippen LogP contribution in [0.5, 0.6) is 0 Å². The first-order valence-electron chi connectivity index (χ1n) is 7.59. The fourth-order valence-corrected chi connectivity index (χ4v) is 4.16. The SMILES string of the molecule is CCn1nc(C)cc1CC(N)CSC1CCCCC1. The molecule has 0 radical (unpaired) electrons. The minimum absolute atomic E-state index is 0.258. The van der Waals surface area contributed by atoms with Crippen LogP contribution in [0.3, 0.4) is 0 Å². The second-order valence-electron chi connectivity index (χ2n) is 5.65. The Morgan fingerprint density at radius 1 is 1.42 bits per heavy atom. The van der Waals surface area contributed by atoms with Gasteiger partial charge in [0.1, 0.15) is 0 Å². The van der Waals surface area contributed by atoms with Gasteiger partial charge in [0.2, 0.25) is 0 Å². The van der Waals surface area contributed by atoms with Crippen molar-refractivity contribution in [3.63, 3.8) is 0 Å². The average Bonchev–Trinajstić information content (AvgIpc) is 2.77. The molecule has 2 N–H and O–H groups in total. The number of thioether (sulfide) groups is 1. The predicted octanol–water partition coefficient (Wildman–Crippen LogP) is 3.15. The van der Waals surface area contributed by atoms with E-state index >= 15 is 0 Å². The van der Waals surface area contributed by atoms with Crippen molar-refractivity contribution in [2.24, 2.45) is 5.73 Å². The van der Waals surface area contributed by atoms with Crippen molar-refractivity contribution in [3.8, 4) is 0 Å². The molecule has 1 aromatic heterocycles. The third-order valence-corrected chi connectivity index (χ3v) is 5.42. The van der Waals surface area contributed by atoms with Gasteiger partial charge in [-0.15, -0.1) is 0 Å². The second kappa shape index (κ2) is 7.34. The third-order valence-electron chi connectivity index (χ3n) is 3.85. The number of rotatable bonds is 6. The Balaban J connectivity index is 1.78. The summed E-state index contributed by atoms with van der Waals surface area (Å²) in [5, 5.41) is 5.35. The molecule has 1 saturated carbocycles. The molecule has 1 aromatic rings. The summed E-state index contributed by atoms with van der Waals surface area (Å²) in [6.45, 7) is 5.13. The molecule has 0 spiro atoms. The van der Waals surface area contributed by atoms with Gasteiger partial charge in [0.15, 0.2) is 0 Å². The van der Waals surface area contributed by atoms with Crippen molar-refractivity contribution in [3.05, 3.63) is 17.5 Å². The van der Waals surface area contributed by atoms with Crippen LogP contribution in [-0.4, -0.2) is 26.8 Å². The summed E-state index contributed by atoms with van der Waals surface area (Å²) in [4.78, 5) is 0. The minimum Gasteiger partial charge on any atom is -0.327 e. The zero-order valence-electron chi connectivity index (χ0n) is 12.3. The second-order valence-corrected chi connectivity index (χ2v) is 6.98. The van der Waals surface area contributed by atoms with E-state index < -0.39 is 0 Å². The maximum Gasteiger partial charge on any atom is 0.0596 e. The first kappa shape index (κ1) is 14.9. The van der Waals surface area contributed by atoms with Crippen molar-refractivity contribution in [2.75, 3.05) is 5.75 Å². The lowest BCUT2D eigenvalue weighted by Gasteiger charge is -2.22. The lowest BCUT2D eigenvalue weighted by atomic mass is 10.0. The molecule has 0 amide bonds. The van der Waals surface area contributed by atoms with E-state index in [1.54, 1.807) is 0 Å². The van der Waals surface area contributed by atoms with Crippen molar-refractivity contribution < 1.29 is 0 Å². The fraction of sp³-hybridized carbons (Fsp3) is 0.800. The van der Waals surface area contributed by atoms with Crippen molar-refractivity contribution in [1.82, 2.24) is 9.78 Å². The quantitative estimate of drug-likeness (QED) is 0.871. The monoisotopic (exact) mass is 281 g/mol. The maximum absolute atomic E-state index is 6.29. The van der Waals surface area contributed by atoms with Crippen molar-refractivity contribution >= 4 is 11.8 Å². The highest BCUT2D eigenvalue weighted by Crippen LogP contribution is 2.28. The molecule has 108 valence electrons. The average molecular weight is 281 g/mol. The van der Waals surface area contributed by atoms with E-state index in [0.717, 1.165) is 29.7 Å². The topological polar surface area (TPSA) is 43.8 Å². The number of hydrogen-bond acceptors (Lipinski definition) is 3. The van der Waals surface area contributed by atoms with E-state index in [1.165, 1.54) is 37.8 Å². The molecule has 1 aliphatic carbocycles. The van der Waals surface area contributed by atoms with Crippen LogP contribution in [0.1, 0.15) is 50.4 Å². The summed E-state index contributed by atoms with van der Waals surface area (Å²) in [7, 11) is 0. The van der Waals surface area contributed by atoms with Gasteiger partial charge >= 0.3 is 0 Å². The lowest BCUT2D eigenvalue weighted by Crippen LogP contribution is -2.28. The zero-order chi connectivity index (χ0) is 13.7. The molecule has 3 nitrogen and oxygen atoms in total. The molecule has 0 aliphatic heterocycles. The highest BCUT2D eigenvalue weighted by Gasteiger charge is 2.16. The molecule has 1 atom stereocenters. The highest BCUT2D eigenvalue weighted by atomic mass is 32.2. The minimum atomic E-state index is 0.258. The van der Waals surface area contributed by atoms with Crippen LogP contribution in [-0.2, 0) is 13.0 Å². The van der Waals surface area contributed by atoms with Gasteiger partial charge in [-0.05, 0) is 32.8 Å². The van der Waals surface area contributed by atoms with Crippen LogP contribution in [0.15, 0.2) is 6.07 Å². The number of nitrogens with two attached hydrogens (primary N) is 1. The van der Waals surface area contributed by atoms with E-state index in [2.05, 4.69) is 41.5 Å². The Kier molecular flexibility index (Phi) is 5.76. The van der Waals surface area contributed by atoms with E-state index in [1.807, 2.05) is 0 Å². The highest BCUT2D eigenvalue weighted by molar-refractivity contribution is 7.99. The van der Waals surface area contributed by atoms with Gasteiger partial charge in [0.05, 0.1) is 5.69 Å². The summed E-state index contributed by atoms with van der Waals surface area (Å²) in [5.74, 6) is 1.08. The van der Waals surface area contributed by atoms with Crippen LogP contribution >= 0.6 is 11.8 Å². The molecule has 2 rings (SSSR count). The molecular weight excluding hydrogens is 254 g/mol. The number of hydrogen-bond donors (Lipinski definition) is 1. The number of aromatic nitrogens is 2. The first-order chi connectivity index (χ1) is 9.19. The molecule has 19 heavy (non-hydrogen) atoms. The Morgan fingerprint density at radius 3 is 2.84 bits per heavy atom. The predicted molar refractivity (Wildman–Crippen MR) is 83.6 cm³/mol. The smallest absolute Gasteiger partial charge is 0.0596 e. The standard InChI is InChI=1S/C15H27N3S/c1-3-18-14(9-12(2)17-18)10-13(16)11-19-15-7-5-4-6-8-15/h9,13,15H,3-8,10-11,16H2,1-2H3. The largest absolute Gasteiger partial charge is 0.327 e. The normalized spacial score (nSPS) is 18.7. The van der Waals surface area contributed by atoms with E-state index in [0.29, 0.717) is 0 Å². The van der Waals surface area contributed by atoms with Crippen LogP contribution in [0.25, 0.3) is 0 Å².